The van der Waals surface area contributed by atoms with E-state index in [0.29, 0.717) is 6.04 Å². The van der Waals surface area contributed by atoms with Crippen molar-refractivity contribution in [1.82, 2.24) is 10.2 Å². The second-order valence-corrected chi connectivity index (χ2v) is 7.69. The molecule has 1 aromatic carbocycles. The number of likely N-dealkylation sites (tertiary alicyclic amines) is 1. The van der Waals surface area contributed by atoms with Crippen LogP contribution in [0.2, 0.25) is 0 Å². The maximum absolute atomic E-state index is 12.5. The molecule has 3 heteroatoms. The van der Waals surface area contributed by atoms with Crippen LogP contribution in [0.4, 0.5) is 0 Å². The van der Waals surface area contributed by atoms with E-state index in [1.807, 2.05) is 0 Å². The summed E-state index contributed by atoms with van der Waals surface area (Å²) in [6.07, 6.45) is 9.78. The summed E-state index contributed by atoms with van der Waals surface area (Å²) in [5.41, 5.74) is 1.44. The van der Waals surface area contributed by atoms with Gasteiger partial charge in [0, 0.05) is 6.04 Å². The van der Waals surface area contributed by atoms with Crippen LogP contribution in [0.3, 0.4) is 0 Å². The Kier molecular flexibility index (Phi) is 6.30. The lowest BCUT2D eigenvalue weighted by atomic mass is 9.89. The molecule has 24 heavy (non-hydrogen) atoms. The van der Waals surface area contributed by atoms with Gasteiger partial charge in [0.05, 0.1) is 6.04 Å². The zero-order valence-corrected chi connectivity index (χ0v) is 15.0. The lowest BCUT2D eigenvalue weighted by Crippen LogP contribution is -2.50. The van der Waals surface area contributed by atoms with Crippen LogP contribution in [0, 0.1) is 5.92 Å². The van der Waals surface area contributed by atoms with Crippen LogP contribution in [0.25, 0.3) is 0 Å². The van der Waals surface area contributed by atoms with E-state index in [2.05, 4.69) is 47.5 Å². The van der Waals surface area contributed by atoms with Crippen molar-refractivity contribution >= 4 is 5.91 Å². The number of hydrogen-bond donors (Lipinski definition) is 1. The molecule has 3 nitrogen and oxygen atoms in total. The van der Waals surface area contributed by atoms with Gasteiger partial charge in [-0.05, 0) is 63.6 Å². The summed E-state index contributed by atoms with van der Waals surface area (Å²) in [5, 5.41) is 3.29. The first-order valence-corrected chi connectivity index (χ1v) is 9.80. The fourth-order valence-corrected chi connectivity index (χ4v) is 4.23. The van der Waals surface area contributed by atoms with Gasteiger partial charge in [-0.3, -0.25) is 9.69 Å². The zero-order valence-electron chi connectivity index (χ0n) is 15.0. The van der Waals surface area contributed by atoms with E-state index in [9.17, 15) is 4.79 Å². The van der Waals surface area contributed by atoms with Crippen molar-refractivity contribution in [2.75, 3.05) is 13.1 Å². The number of amides is 1. The van der Waals surface area contributed by atoms with Crippen molar-refractivity contribution in [3.63, 3.8) is 0 Å². The number of carbonyl (C=O) groups is 1. The van der Waals surface area contributed by atoms with Crippen LogP contribution in [0.15, 0.2) is 30.3 Å². The van der Waals surface area contributed by atoms with Gasteiger partial charge in [-0.15, -0.1) is 0 Å². The fraction of sp³-hybridized carbons (Fsp3) is 0.667. The molecule has 1 aromatic rings. The van der Waals surface area contributed by atoms with Crippen molar-refractivity contribution in [2.45, 2.75) is 70.4 Å². The highest BCUT2D eigenvalue weighted by atomic mass is 16.2. The minimum atomic E-state index is 0.0181. The number of carbonyl (C=O) groups excluding carboxylic acids is 1. The van der Waals surface area contributed by atoms with Crippen LogP contribution in [-0.4, -0.2) is 36.0 Å². The first kappa shape index (κ1) is 17.5. The Hall–Kier alpha value is -1.35. The van der Waals surface area contributed by atoms with Gasteiger partial charge >= 0.3 is 0 Å². The molecule has 1 aliphatic heterocycles. The summed E-state index contributed by atoms with van der Waals surface area (Å²) in [4.78, 5) is 14.9. The molecule has 0 spiro atoms. The molecule has 0 bridgehead atoms. The summed E-state index contributed by atoms with van der Waals surface area (Å²) >= 11 is 0. The van der Waals surface area contributed by atoms with Crippen molar-refractivity contribution < 1.29 is 4.79 Å². The smallest absolute Gasteiger partial charge is 0.237 e. The Morgan fingerprint density at radius 1 is 1.08 bits per heavy atom. The molecule has 1 aliphatic carbocycles. The highest BCUT2D eigenvalue weighted by molar-refractivity contribution is 5.81. The van der Waals surface area contributed by atoms with Gasteiger partial charge in [0.25, 0.3) is 0 Å². The maximum atomic E-state index is 12.5. The normalized spacial score (nSPS) is 22.2. The number of piperidine rings is 1. The molecule has 132 valence electrons. The van der Waals surface area contributed by atoms with Gasteiger partial charge in [0.1, 0.15) is 0 Å². The number of hydrogen-bond acceptors (Lipinski definition) is 2. The van der Waals surface area contributed by atoms with E-state index < -0.39 is 0 Å². The number of rotatable bonds is 5. The second-order valence-electron chi connectivity index (χ2n) is 7.69. The molecular formula is C21H32N2O. The van der Waals surface area contributed by atoms with Gasteiger partial charge in [0.2, 0.25) is 5.91 Å². The van der Waals surface area contributed by atoms with Crippen molar-refractivity contribution in [2.24, 2.45) is 5.92 Å². The minimum Gasteiger partial charge on any atom is -0.352 e. The topological polar surface area (TPSA) is 32.3 Å². The summed E-state index contributed by atoms with van der Waals surface area (Å²) < 4.78 is 0. The standard InChI is InChI=1S/C21H32N2O/c1-17(21(24)22-20-10-6-3-7-11-20)23-14-12-19(13-15-23)16-18-8-4-2-5-9-18/h2,4-5,8-9,17,19-20H,3,6-7,10-16H2,1H3,(H,22,24)/t17-/m1/s1. The van der Waals surface area contributed by atoms with Gasteiger partial charge in [-0.2, -0.15) is 0 Å². The van der Waals surface area contributed by atoms with E-state index in [1.165, 1.54) is 44.1 Å². The molecule has 2 aliphatic rings. The largest absolute Gasteiger partial charge is 0.352 e. The average Bonchev–Trinajstić information content (AvgIpc) is 2.63. The monoisotopic (exact) mass is 328 g/mol. The number of benzene rings is 1. The van der Waals surface area contributed by atoms with E-state index in [1.54, 1.807) is 0 Å². The van der Waals surface area contributed by atoms with E-state index in [0.717, 1.165) is 31.8 Å². The molecule has 1 saturated heterocycles. The Balaban J connectivity index is 1.42. The quantitative estimate of drug-likeness (QED) is 0.892. The lowest BCUT2D eigenvalue weighted by molar-refractivity contribution is -0.127. The average molecular weight is 329 g/mol. The van der Waals surface area contributed by atoms with Gasteiger partial charge in [-0.1, -0.05) is 49.6 Å². The molecule has 1 saturated carbocycles. The third kappa shape index (κ3) is 4.83. The molecule has 1 amide bonds. The summed E-state index contributed by atoms with van der Waals surface area (Å²) in [7, 11) is 0. The predicted octanol–water partition coefficient (Wildman–Crippen LogP) is 3.78. The third-order valence-corrected chi connectivity index (χ3v) is 5.90. The SMILES string of the molecule is C[C@H](C(=O)NC1CCCCC1)N1CCC(Cc2ccccc2)CC1. The molecule has 2 fully saturated rings. The Morgan fingerprint density at radius 3 is 2.42 bits per heavy atom. The minimum absolute atomic E-state index is 0.0181. The molecule has 0 radical (unpaired) electrons. The molecule has 0 unspecified atom stereocenters. The van der Waals surface area contributed by atoms with Crippen molar-refractivity contribution in [3.8, 4) is 0 Å². The van der Waals surface area contributed by atoms with E-state index in [-0.39, 0.29) is 11.9 Å². The molecule has 1 atom stereocenters. The molecule has 1 heterocycles. The molecule has 1 N–H and O–H groups in total. The van der Waals surface area contributed by atoms with Crippen LogP contribution in [-0.2, 0) is 11.2 Å². The van der Waals surface area contributed by atoms with Crippen LogP contribution >= 0.6 is 0 Å². The van der Waals surface area contributed by atoms with E-state index >= 15 is 0 Å². The first-order valence-electron chi connectivity index (χ1n) is 9.80. The van der Waals surface area contributed by atoms with Gasteiger partial charge < -0.3 is 5.32 Å². The molecule has 3 rings (SSSR count). The fourth-order valence-electron chi connectivity index (χ4n) is 4.23. The molecule has 0 aromatic heterocycles. The Bertz CT molecular complexity index is 502. The lowest BCUT2D eigenvalue weighted by Gasteiger charge is -2.36. The van der Waals surface area contributed by atoms with E-state index in [4.69, 9.17) is 0 Å². The maximum Gasteiger partial charge on any atom is 0.237 e. The van der Waals surface area contributed by atoms with Crippen LogP contribution in [0.1, 0.15) is 57.4 Å². The van der Waals surface area contributed by atoms with Crippen LogP contribution in [0.5, 0.6) is 0 Å². The number of nitrogens with zero attached hydrogens (tertiary/aromatic N) is 1. The molecular weight excluding hydrogens is 296 g/mol. The Morgan fingerprint density at radius 2 is 1.75 bits per heavy atom. The highest BCUT2D eigenvalue weighted by Gasteiger charge is 2.28. The zero-order chi connectivity index (χ0) is 16.8. The third-order valence-electron chi connectivity index (χ3n) is 5.90. The Labute approximate surface area is 146 Å². The highest BCUT2D eigenvalue weighted by Crippen LogP contribution is 2.23. The summed E-state index contributed by atoms with van der Waals surface area (Å²) in [6, 6.07) is 11.2. The number of nitrogens with one attached hydrogen (secondary N) is 1. The van der Waals surface area contributed by atoms with Gasteiger partial charge in [0.15, 0.2) is 0 Å². The predicted molar refractivity (Wildman–Crippen MR) is 98.9 cm³/mol. The van der Waals surface area contributed by atoms with Crippen molar-refractivity contribution in [1.29, 1.82) is 0 Å². The van der Waals surface area contributed by atoms with Crippen molar-refractivity contribution in [3.05, 3.63) is 35.9 Å². The van der Waals surface area contributed by atoms with Gasteiger partial charge in [-0.25, -0.2) is 0 Å². The van der Waals surface area contributed by atoms with Crippen LogP contribution < -0.4 is 5.32 Å². The summed E-state index contributed by atoms with van der Waals surface area (Å²) in [6.45, 7) is 4.18. The second kappa shape index (κ2) is 8.66. The summed E-state index contributed by atoms with van der Waals surface area (Å²) in [5.74, 6) is 1.00. The first-order chi connectivity index (χ1) is 11.7.